The molecular formula is C15H18N2O5. The summed E-state index contributed by atoms with van der Waals surface area (Å²) in [6.45, 7) is 1.37. The Kier molecular flexibility index (Phi) is 4.89. The van der Waals surface area contributed by atoms with Gasteiger partial charge in [-0.25, -0.2) is 0 Å². The number of carbonyl (C=O) groups excluding carboxylic acids is 2. The number of Topliss-reactive ketones (excluding diaryl/α,β-unsaturated/α-hetero) is 1. The fourth-order valence-electron chi connectivity index (χ4n) is 2.45. The van der Waals surface area contributed by atoms with Crippen LogP contribution in [0.2, 0.25) is 0 Å². The Morgan fingerprint density at radius 2 is 2.09 bits per heavy atom. The van der Waals surface area contributed by atoms with Crippen molar-refractivity contribution in [2.24, 2.45) is 0 Å². The Labute approximate surface area is 128 Å². The lowest BCUT2D eigenvalue weighted by molar-refractivity contribution is -0.144. The van der Waals surface area contributed by atoms with E-state index in [1.165, 1.54) is 26.0 Å². The first kappa shape index (κ1) is 16.1. The maximum atomic E-state index is 12.3. The van der Waals surface area contributed by atoms with Crippen molar-refractivity contribution in [3.8, 4) is 0 Å². The summed E-state index contributed by atoms with van der Waals surface area (Å²) < 4.78 is 10.2. The van der Waals surface area contributed by atoms with Gasteiger partial charge in [0.1, 0.15) is 6.04 Å². The van der Waals surface area contributed by atoms with Gasteiger partial charge in [0.25, 0.3) is 5.91 Å². The summed E-state index contributed by atoms with van der Waals surface area (Å²) in [4.78, 5) is 29.7. The summed E-state index contributed by atoms with van der Waals surface area (Å²) in [6, 6.07) is 4.43. The van der Waals surface area contributed by atoms with Gasteiger partial charge in [0.15, 0.2) is 17.8 Å². The van der Waals surface area contributed by atoms with Crippen molar-refractivity contribution in [3.05, 3.63) is 41.4 Å². The topological polar surface area (TPSA) is 89.0 Å². The highest BCUT2D eigenvalue weighted by molar-refractivity contribution is 6.08. The first-order valence-corrected chi connectivity index (χ1v) is 6.72. The van der Waals surface area contributed by atoms with Crippen LogP contribution in [0.1, 0.15) is 18.7 Å². The molecule has 1 unspecified atom stereocenters. The molecule has 0 bridgehead atoms. The molecule has 7 heteroatoms. The molecule has 0 radical (unpaired) electrons. The third-order valence-electron chi connectivity index (χ3n) is 3.52. The molecule has 1 N–H and O–H groups in total. The molecule has 22 heavy (non-hydrogen) atoms. The Hall–Kier alpha value is -2.25. The van der Waals surface area contributed by atoms with Crippen LogP contribution in [0.15, 0.2) is 35.7 Å². The van der Waals surface area contributed by atoms with Crippen molar-refractivity contribution in [3.63, 3.8) is 0 Å². The molecule has 1 aromatic rings. The molecule has 0 fully saturated rings. The number of aromatic nitrogens is 1. The van der Waals surface area contributed by atoms with Crippen molar-refractivity contribution >= 4 is 11.7 Å². The quantitative estimate of drug-likeness (QED) is 0.788. The van der Waals surface area contributed by atoms with Crippen LogP contribution in [0, 0.1) is 0 Å². The number of hydrogen-bond acceptors (Lipinski definition) is 6. The minimum Gasteiger partial charge on any atom is -0.503 e. The van der Waals surface area contributed by atoms with Crippen LogP contribution in [0.4, 0.5) is 0 Å². The van der Waals surface area contributed by atoms with E-state index in [9.17, 15) is 14.7 Å². The van der Waals surface area contributed by atoms with Gasteiger partial charge in [0.05, 0.1) is 17.8 Å². The normalized spacial score (nSPS) is 18.5. The Balaban J connectivity index is 2.44. The van der Waals surface area contributed by atoms with Gasteiger partial charge in [-0.15, -0.1) is 0 Å². The number of aliphatic hydroxyl groups is 1. The predicted octanol–water partition coefficient (Wildman–Crippen LogP) is 0.985. The van der Waals surface area contributed by atoms with E-state index < -0.39 is 24.0 Å². The number of nitrogens with zero attached hydrogens (tertiary/aromatic N) is 2. The van der Waals surface area contributed by atoms with Crippen LogP contribution in [-0.4, -0.2) is 53.7 Å². The van der Waals surface area contributed by atoms with E-state index >= 15 is 0 Å². The fraction of sp³-hybridized carbons (Fsp3) is 0.400. The summed E-state index contributed by atoms with van der Waals surface area (Å²) in [5.74, 6) is -1.57. The van der Waals surface area contributed by atoms with Crippen molar-refractivity contribution < 1.29 is 24.2 Å². The summed E-state index contributed by atoms with van der Waals surface area (Å²) in [7, 11) is 2.90. The summed E-state index contributed by atoms with van der Waals surface area (Å²) >= 11 is 0. The molecule has 0 saturated heterocycles. The third kappa shape index (κ3) is 2.86. The van der Waals surface area contributed by atoms with E-state index in [1.807, 2.05) is 0 Å². The molecule has 1 aromatic heterocycles. The number of ether oxygens (including phenoxy) is 2. The molecule has 2 rings (SSSR count). The molecule has 2 heterocycles. The zero-order chi connectivity index (χ0) is 16.3. The second kappa shape index (κ2) is 6.67. The van der Waals surface area contributed by atoms with Crippen molar-refractivity contribution in [2.75, 3.05) is 20.8 Å². The monoisotopic (exact) mass is 306 g/mol. The highest BCUT2D eigenvalue weighted by Crippen LogP contribution is 2.36. The summed E-state index contributed by atoms with van der Waals surface area (Å²) in [6.07, 6.45) is 0.893. The number of aliphatic hydroxyl groups excluding tert-OH is 1. The van der Waals surface area contributed by atoms with E-state index in [0.29, 0.717) is 5.69 Å². The van der Waals surface area contributed by atoms with E-state index in [1.54, 1.807) is 24.4 Å². The molecule has 7 nitrogen and oxygen atoms in total. The number of pyridine rings is 1. The molecule has 118 valence electrons. The molecule has 0 spiro atoms. The first-order valence-electron chi connectivity index (χ1n) is 6.72. The molecule has 0 aromatic carbocycles. The number of amides is 1. The van der Waals surface area contributed by atoms with Gasteiger partial charge in [-0.2, -0.15) is 0 Å². The van der Waals surface area contributed by atoms with E-state index in [-0.39, 0.29) is 17.9 Å². The minimum absolute atomic E-state index is 0.0367. The smallest absolute Gasteiger partial charge is 0.290 e. The van der Waals surface area contributed by atoms with Crippen LogP contribution in [0.5, 0.6) is 0 Å². The van der Waals surface area contributed by atoms with Crippen LogP contribution in [-0.2, 0) is 19.1 Å². The minimum atomic E-state index is -0.751. The highest BCUT2D eigenvalue weighted by Gasteiger charge is 2.43. The van der Waals surface area contributed by atoms with Crippen LogP contribution >= 0.6 is 0 Å². The van der Waals surface area contributed by atoms with E-state index in [2.05, 4.69) is 4.98 Å². The molecule has 0 aliphatic carbocycles. The largest absolute Gasteiger partial charge is 0.503 e. The van der Waals surface area contributed by atoms with Gasteiger partial charge in [0, 0.05) is 20.4 Å². The van der Waals surface area contributed by atoms with Crippen LogP contribution in [0.25, 0.3) is 0 Å². The summed E-state index contributed by atoms with van der Waals surface area (Å²) in [5, 5.41) is 10.0. The first-order chi connectivity index (χ1) is 10.5. The highest BCUT2D eigenvalue weighted by atomic mass is 16.7. The number of carbonyl (C=O) groups is 2. The van der Waals surface area contributed by atoms with Crippen LogP contribution < -0.4 is 0 Å². The number of methoxy groups -OCH3 is 2. The molecular weight excluding hydrogens is 288 g/mol. The lowest BCUT2D eigenvalue weighted by Gasteiger charge is -2.28. The summed E-state index contributed by atoms with van der Waals surface area (Å²) in [5.41, 5.74) is 0.533. The fourth-order valence-corrected chi connectivity index (χ4v) is 2.45. The molecule has 1 amide bonds. The Morgan fingerprint density at radius 3 is 2.59 bits per heavy atom. The maximum Gasteiger partial charge on any atom is 0.290 e. The van der Waals surface area contributed by atoms with Crippen molar-refractivity contribution in [2.45, 2.75) is 19.3 Å². The van der Waals surface area contributed by atoms with Gasteiger partial charge in [-0.3, -0.25) is 14.6 Å². The Morgan fingerprint density at radius 1 is 1.41 bits per heavy atom. The lowest BCUT2D eigenvalue weighted by atomic mass is 10.0. The Bertz CT molecular complexity index is 595. The third-order valence-corrected chi connectivity index (χ3v) is 3.52. The maximum absolute atomic E-state index is 12.3. The number of rotatable bonds is 6. The average Bonchev–Trinajstić information content (AvgIpc) is 2.77. The van der Waals surface area contributed by atoms with Crippen molar-refractivity contribution in [1.29, 1.82) is 0 Å². The second-order valence-electron chi connectivity index (χ2n) is 4.83. The van der Waals surface area contributed by atoms with E-state index in [4.69, 9.17) is 9.47 Å². The van der Waals surface area contributed by atoms with Gasteiger partial charge in [0.2, 0.25) is 0 Å². The lowest BCUT2D eigenvalue weighted by Crippen LogP contribution is -2.39. The molecule has 0 saturated carbocycles. The molecule has 1 atom stereocenters. The number of hydrogen-bond donors (Lipinski definition) is 1. The standard InChI is InChI=1S/C15H18N2O5/c1-9(18)12-13(10-6-4-5-7-16-10)17(15(20)14(12)19)8-11(21-2)22-3/h4-7,11,13,19H,8H2,1-3H3. The van der Waals surface area contributed by atoms with Gasteiger partial charge in [-0.1, -0.05) is 6.07 Å². The van der Waals surface area contributed by atoms with Gasteiger partial charge < -0.3 is 19.5 Å². The van der Waals surface area contributed by atoms with Crippen molar-refractivity contribution in [1.82, 2.24) is 9.88 Å². The molecule has 1 aliphatic heterocycles. The second-order valence-corrected chi connectivity index (χ2v) is 4.83. The predicted molar refractivity (Wildman–Crippen MR) is 76.8 cm³/mol. The van der Waals surface area contributed by atoms with Gasteiger partial charge in [-0.05, 0) is 19.1 Å². The van der Waals surface area contributed by atoms with Gasteiger partial charge >= 0.3 is 0 Å². The van der Waals surface area contributed by atoms with E-state index in [0.717, 1.165) is 0 Å². The number of ketones is 1. The average molecular weight is 306 g/mol. The van der Waals surface area contributed by atoms with Crippen LogP contribution in [0.3, 0.4) is 0 Å². The zero-order valence-corrected chi connectivity index (χ0v) is 12.6. The zero-order valence-electron chi connectivity index (χ0n) is 12.6. The molecule has 1 aliphatic rings. The SMILES string of the molecule is COC(CN1C(=O)C(O)=C(C(C)=O)C1c1ccccn1)OC.